The van der Waals surface area contributed by atoms with Crippen molar-refractivity contribution in [1.82, 2.24) is 9.88 Å². The summed E-state index contributed by atoms with van der Waals surface area (Å²) in [5.41, 5.74) is 5.56. The van der Waals surface area contributed by atoms with Crippen LogP contribution >= 0.6 is 0 Å². The van der Waals surface area contributed by atoms with Crippen molar-refractivity contribution in [3.8, 4) is 5.75 Å². The number of rotatable bonds is 6. The molecule has 2 heterocycles. The molecule has 0 unspecified atom stereocenters. The summed E-state index contributed by atoms with van der Waals surface area (Å²) in [6.45, 7) is 3.11. The molecule has 1 amide bonds. The fraction of sp³-hybridized carbons (Fsp3) is 0.174. The second-order valence-electron chi connectivity index (χ2n) is 6.80. The molecule has 142 valence electrons. The Bertz CT molecular complexity index is 1090. The van der Waals surface area contributed by atoms with Crippen LogP contribution < -0.4 is 10.1 Å². The van der Waals surface area contributed by atoms with Crippen LogP contribution in [0.15, 0.2) is 71.3 Å². The lowest BCUT2D eigenvalue weighted by Crippen LogP contribution is -2.25. The van der Waals surface area contributed by atoms with E-state index >= 15 is 0 Å². The van der Waals surface area contributed by atoms with Gasteiger partial charge in [-0.15, -0.1) is 0 Å². The minimum absolute atomic E-state index is 0.130. The molecule has 0 spiro atoms. The number of methoxy groups -OCH3 is 1. The van der Waals surface area contributed by atoms with Gasteiger partial charge in [-0.2, -0.15) is 0 Å². The first-order valence-corrected chi connectivity index (χ1v) is 9.17. The number of aromatic nitrogens is 1. The molecular weight excluding hydrogens is 352 g/mol. The van der Waals surface area contributed by atoms with Crippen LogP contribution in [0.2, 0.25) is 0 Å². The highest BCUT2D eigenvalue weighted by atomic mass is 16.5. The van der Waals surface area contributed by atoms with Gasteiger partial charge in [0.25, 0.3) is 5.91 Å². The molecule has 0 bridgehead atoms. The Balaban J connectivity index is 1.55. The monoisotopic (exact) mass is 374 g/mol. The summed E-state index contributed by atoms with van der Waals surface area (Å²) in [5, 5.41) is 3.00. The Morgan fingerprint density at radius 3 is 2.46 bits per heavy atom. The minimum Gasteiger partial charge on any atom is -0.497 e. The predicted molar refractivity (Wildman–Crippen MR) is 109 cm³/mol. The van der Waals surface area contributed by atoms with Crippen LogP contribution in [0.4, 0.5) is 0 Å². The number of fused-ring (bicyclic) bond motifs is 1. The van der Waals surface area contributed by atoms with E-state index in [4.69, 9.17) is 9.15 Å². The molecule has 0 aliphatic carbocycles. The number of hydrogen-bond acceptors (Lipinski definition) is 3. The standard InChI is InChI=1S/C23H22N2O3/c1-16-3-5-18(6-4-16)15-25-20-11-12-28-22(20)13-21(25)23(26)24-14-17-7-9-19(27-2)10-8-17/h3-13H,14-15H2,1-2H3,(H,24,26). The van der Waals surface area contributed by atoms with Gasteiger partial charge in [-0.25, -0.2) is 0 Å². The highest BCUT2D eigenvalue weighted by Crippen LogP contribution is 2.23. The molecule has 4 rings (SSSR count). The van der Waals surface area contributed by atoms with Crippen LogP contribution in [0.1, 0.15) is 27.2 Å². The molecule has 0 saturated heterocycles. The maximum atomic E-state index is 12.9. The van der Waals surface area contributed by atoms with Crippen LogP contribution in [0, 0.1) is 6.92 Å². The first-order chi connectivity index (χ1) is 13.6. The van der Waals surface area contributed by atoms with Crippen LogP contribution in [0.25, 0.3) is 11.1 Å². The van der Waals surface area contributed by atoms with Crippen molar-refractivity contribution in [2.24, 2.45) is 0 Å². The number of hydrogen-bond donors (Lipinski definition) is 1. The third-order valence-electron chi connectivity index (χ3n) is 4.83. The van der Waals surface area contributed by atoms with Gasteiger partial charge in [-0.1, -0.05) is 42.0 Å². The molecule has 5 heteroatoms. The number of carbonyl (C=O) groups is 1. The average molecular weight is 374 g/mol. The van der Waals surface area contributed by atoms with Gasteiger partial charge in [0.2, 0.25) is 0 Å². The van der Waals surface area contributed by atoms with Gasteiger partial charge in [0, 0.05) is 25.2 Å². The zero-order chi connectivity index (χ0) is 19.5. The van der Waals surface area contributed by atoms with E-state index in [1.807, 2.05) is 34.9 Å². The van der Waals surface area contributed by atoms with E-state index in [0.29, 0.717) is 24.4 Å². The van der Waals surface area contributed by atoms with Crippen molar-refractivity contribution < 1.29 is 13.9 Å². The summed E-state index contributed by atoms with van der Waals surface area (Å²) in [5.74, 6) is 0.664. The van der Waals surface area contributed by atoms with Gasteiger partial charge >= 0.3 is 0 Å². The number of ether oxygens (including phenoxy) is 1. The van der Waals surface area contributed by atoms with Crippen molar-refractivity contribution in [3.05, 3.63) is 89.3 Å². The molecule has 4 aromatic rings. The lowest BCUT2D eigenvalue weighted by molar-refractivity contribution is 0.0942. The van der Waals surface area contributed by atoms with Crippen molar-refractivity contribution >= 4 is 17.0 Å². The van der Waals surface area contributed by atoms with E-state index in [1.54, 1.807) is 19.4 Å². The molecule has 0 radical (unpaired) electrons. The molecule has 5 nitrogen and oxygen atoms in total. The number of amides is 1. The van der Waals surface area contributed by atoms with Gasteiger partial charge in [-0.05, 0) is 30.2 Å². The smallest absolute Gasteiger partial charge is 0.268 e. The Kier molecular flexibility index (Phi) is 4.89. The molecule has 0 fully saturated rings. The predicted octanol–water partition coefficient (Wildman–Crippen LogP) is 4.53. The fourth-order valence-corrected chi connectivity index (χ4v) is 3.23. The van der Waals surface area contributed by atoms with Crippen molar-refractivity contribution in [1.29, 1.82) is 0 Å². The SMILES string of the molecule is COc1ccc(CNC(=O)c2cc3occc3n2Cc2ccc(C)cc2)cc1. The van der Waals surface area contributed by atoms with Crippen LogP contribution in [-0.4, -0.2) is 17.6 Å². The van der Waals surface area contributed by atoms with Crippen LogP contribution in [-0.2, 0) is 13.1 Å². The first kappa shape index (κ1) is 17.9. The van der Waals surface area contributed by atoms with Gasteiger partial charge in [0.15, 0.2) is 5.58 Å². The quantitative estimate of drug-likeness (QED) is 0.539. The summed E-state index contributed by atoms with van der Waals surface area (Å²) < 4.78 is 12.7. The molecule has 1 N–H and O–H groups in total. The summed E-state index contributed by atoms with van der Waals surface area (Å²) >= 11 is 0. The van der Waals surface area contributed by atoms with E-state index in [1.165, 1.54) is 5.56 Å². The van der Waals surface area contributed by atoms with E-state index in [2.05, 4.69) is 36.5 Å². The normalized spacial score (nSPS) is 10.9. The Hall–Kier alpha value is -3.47. The van der Waals surface area contributed by atoms with E-state index in [0.717, 1.165) is 22.4 Å². The molecule has 0 aliphatic heterocycles. The summed E-state index contributed by atoms with van der Waals surface area (Å²) in [4.78, 5) is 12.9. The van der Waals surface area contributed by atoms with E-state index < -0.39 is 0 Å². The zero-order valence-corrected chi connectivity index (χ0v) is 15.9. The second kappa shape index (κ2) is 7.64. The largest absolute Gasteiger partial charge is 0.497 e. The first-order valence-electron chi connectivity index (χ1n) is 9.17. The maximum Gasteiger partial charge on any atom is 0.268 e. The highest BCUT2D eigenvalue weighted by molar-refractivity contribution is 5.97. The number of carbonyl (C=O) groups excluding carboxylic acids is 1. The highest BCUT2D eigenvalue weighted by Gasteiger charge is 2.17. The number of nitrogens with one attached hydrogen (secondary N) is 1. The minimum atomic E-state index is -0.130. The molecule has 2 aromatic heterocycles. The van der Waals surface area contributed by atoms with Crippen molar-refractivity contribution in [3.63, 3.8) is 0 Å². The van der Waals surface area contributed by atoms with Gasteiger partial charge < -0.3 is 19.0 Å². The number of benzene rings is 2. The Labute approximate surface area is 163 Å². The van der Waals surface area contributed by atoms with Gasteiger partial charge in [-0.3, -0.25) is 4.79 Å². The zero-order valence-electron chi connectivity index (χ0n) is 15.9. The maximum absolute atomic E-state index is 12.9. The lowest BCUT2D eigenvalue weighted by atomic mass is 10.1. The molecular formula is C23H22N2O3. The molecule has 0 aliphatic rings. The van der Waals surface area contributed by atoms with Gasteiger partial charge in [0.1, 0.15) is 11.4 Å². The number of nitrogens with zero attached hydrogens (tertiary/aromatic N) is 1. The summed E-state index contributed by atoms with van der Waals surface area (Å²) in [6, 6.07) is 19.7. The Morgan fingerprint density at radius 2 is 1.75 bits per heavy atom. The number of furan rings is 1. The van der Waals surface area contributed by atoms with Crippen LogP contribution in [0.5, 0.6) is 5.75 Å². The fourth-order valence-electron chi connectivity index (χ4n) is 3.23. The van der Waals surface area contributed by atoms with Crippen molar-refractivity contribution in [2.75, 3.05) is 7.11 Å². The van der Waals surface area contributed by atoms with E-state index in [-0.39, 0.29) is 5.91 Å². The molecule has 0 atom stereocenters. The van der Waals surface area contributed by atoms with Crippen LogP contribution in [0.3, 0.4) is 0 Å². The van der Waals surface area contributed by atoms with E-state index in [9.17, 15) is 4.79 Å². The Morgan fingerprint density at radius 1 is 1.04 bits per heavy atom. The topological polar surface area (TPSA) is 56.4 Å². The van der Waals surface area contributed by atoms with Crippen molar-refractivity contribution in [2.45, 2.75) is 20.0 Å². The molecule has 2 aromatic carbocycles. The number of aryl methyl sites for hydroxylation is 1. The molecule has 0 saturated carbocycles. The third-order valence-corrected chi connectivity index (χ3v) is 4.83. The average Bonchev–Trinajstić information content (AvgIpc) is 3.31. The lowest BCUT2D eigenvalue weighted by Gasteiger charge is -2.11. The van der Waals surface area contributed by atoms with Gasteiger partial charge in [0.05, 0.1) is 18.9 Å². The summed E-state index contributed by atoms with van der Waals surface area (Å²) in [6.07, 6.45) is 1.65. The third kappa shape index (κ3) is 3.64. The summed E-state index contributed by atoms with van der Waals surface area (Å²) in [7, 11) is 1.63. The second-order valence-corrected chi connectivity index (χ2v) is 6.80. The molecule has 28 heavy (non-hydrogen) atoms.